The lowest BCUT2D eigenvalue weighted by atomic mass is 10.1. The van der Waals surface area contributed by atoms with Crippen LogP contribution in [-0.4, -0.2) is 57.6 Å². The smallest absolute Gasteiger partial charge is 0.244 e. The molecule has 2 amide bonds. The minimum atomic E-state index is -3.88. The molecular formula is C25H33Cl2N3O5S. The maximum Gasteiger partial charge on any atom is 0.244 e. The van der Waals surface area contributed by atoms with Crippen LogP contribution in [0.1, 0.15) is 37.8 Å². The molecule has 1 atom stereocenters. The van der Waals surface area contributed by atoms with Crippen LogP contribution in [0.15, 0.2) is 36.4 Å². The van der Waals surface area contributed by atoms with Crippen molar-refractivity contribution in [2.24, 2.45) is 0 Å². The largest absolute Gasteiger partial charge is 0.495 e. The molecule has 0 aliphatic heterocycles. The summed E-state index contributed by atoms with van der Waals surface area (Å²) in [5.41, 5.74) is 1.68. The Morgan fingerprint density at radius 3 is 2.39 bits per heavy atom. The van der Waals surface area contributed by atoms with Crippen LogP contribution in [-0.2, 0) is 26.2 Å². The lowest BCUT2D eigenvalue weighted by Crippen LogP contribution is -2.51. The first-order chi connectivity index (χ1) is 16.9. The van der Waals surface area contributed by atoms with Gasteiger partial charge in [-0.25, -0.2) is 8.42 Å². The minimum Gasteiger partial charge on any atom is -0.495 e. The number of benzene rings is 2. The zero-order valence-electron chi connectivity index (χ0n) is 21.2. The summed E-state index contributed by atoms with van der Waals surface area (Å²) in [6, 6.07) is 9.11. The van der Waals surface area contributed by atoms with E-state index in [-0.39, 0.29) is 18.1 Å². The number of unbranched alkanes of at least 4 members (excludes halogenated alkanes) is 1. The normalized spacial score (nSPS) is 12.1. The molecule has 2 aromatic rings. The number of nitrogens with zero attached hydrogens (tertiary/aromatic N) is 2. The summed E-state index contributed by atoms with van der Waals surface area (Å²) in [6.45, 7) is 5.41. The summed E-state index contributed by atoms with van der Waals surface area (Å²) in [5.74, 6) is -0.593. The first kappa shape index (κ1) is 29.7. The monoisotopic (exact) mass is 557 g/mol. The molecule has 11 heteroatoms. The average molecular weight is 559 g/mol. The third-order valence-electron chi connectivity index (χ3n) is 5.62. The fraction of sp³-hybridized carbons (Fsp3) is 0.440. The van der Waals surface area contributed by atoms with Crippen LogP contribution in [0.2, 0.25) is 10.0 Å². The van der Waals surface area contributed by atoms with Gasteiger partial charge >= 0.3 is 0 Å². The van der Waals surface area contributed by atoms with Crippen molar-refractivity contribution < 1.29 is 22.7 Å². The second-order valence-corrected chi connectivity index (χ2v) is 11.3. The Bertz CT molecular complexity index is 1190. The van der Waals surface area contributed by atoms with Crippen LogP contribution in [0.25, 0.3) is 0 Å². The van der Waals surface area contributed by atoms with Crippen molar-refractivity contribution in [2.75, 3.05) is 30.8 Å². The Kier molecular flexibility index (Phi) is 10.9. The molecule has 8 nitrogen and oxygen atoms in total. The van der Waals surface area contributed by atoms with E-state index >= 15 is 0 Å². The number of halogens is 2. The maximum absolute atomic E-state index is 13.6. The number of aryl methyl sites for hydroxylation is 1. The molecule has 0 saturated heterocycles. The number of hydrogen-bond acceptors (Lipinski definition) is 5. The number of carbonyl (C=O) groups is 2. The van der Waals surface area contributed by atoms with E-state index in [1.165, 1.54) is 12.0 Å². The van der Waals surface area contributed by atoms with Gasteiger partial charge in [-0.05, 0) is 55.7 Å². The minimum absolute atomic E-state index is 0.0284. The number of amides is 2. The van der Waals surface area contributed by atoms with E-state index in [1.54, 1.807) is 43.3 Å². The lowest BCUT2D eigenvalue weighted by molar-refractivity contribution is -0.139. The SMILES string of the molecule is CCCCNC(=O)[C@@H](C)N(Cc1ccc(Cl)c(Cl)c1)C(=O)CN(c1cc(C)ccc1OC)S(C)(=O)=O. The zero-order chi connectivity index (χ0) is 27.0. The van der Waals surface area contributed by atoms with Gasteiger partial charge in [-0.1, -0.05) is 48.7 Å². The van der Waals surface area contributed by atoms with Gasteiger partial charge in [0, 0.05) is 13.1 Å². The van der Waals surface area contributed by atoms with Gasteiger partial charge in [-0.2, -0.15) is 0 Å². The summed E-state index contributed by atoms with van der Waals surface area (Å²) in [6.07, 6.45) is 2.72. The van der Waals surface area contributed by atoms with Crippen molar-refractivity contribution in [2.45, 2.75) is 46.2 Å². The Morgan fingerprint density at radius 2 is 1.81 bits per heavy atom. The van der Waals surface area contributed by atoms with Gasteiger partial charge in [0.15, 0.2) is 0 Å². The first-order valence-corrected chi connectivity index (χ1v) is 14.1. The van der Waals surface area contributed by atoms with E-state index in [9.17, 15) is 18.0 Å². The molecule has 0 bridgehead atoms. The standard InChI is InChI=1S/C25H33Cl2N3O5S/c1-6-7-12-28-25(32)18(3)29(15-19-9-10-20(26)21(27)14-19)24(31)16-30(36(5,33)34)22-13-17(2)8-11-23(22)35-4/h8-11,13-14,18H,6-7,12,15-16H2,1-5H3,(H,28,32)/t18-/m1/s1. The summed E-state index contributed by atoms with van der Waals surface area (Å²) < 4.78 is 31.9. The van der Waals surface area contributed by atoms with E-state index in [4.69, 9.17) is 27.9 Å². The van der Waals surface area contributed by atoms with E-state index in [0.29, 0.717) is 27.9 Å². The second-order valence-electron chi connectivity index (χ2n) is 8.54. The molecule has 0 heterocycles. The highest BCUT2D eigenvalue weighted by atomic mass is 35.5. The first-order valence-electron chi connectivity index (χ1n) is 11.5. The predicted molar refractivity (Wildman–Crippen MR) is 144 cm³/mol. The average Bonchev–Trinajstić information content (AvgIpc) is 2.81. The Morgan fingerprint density at radius 1 is 1.11 bits per heavy atom. The second kappa shape index (κ2) is 13.2. The molecule has 0 aliphatic rings. The van der Waals surface area contributed by atoms with Gasteiger partial charge in [-0.15, -0.1) is 0 Å². The van der Waals surface area contributed by atoms with E-state index in [1.807, 2.05) is 13.8 Å². The van der Waals surface area contributed by atoms with E-state index in [2.05, 4.69) is 5.32 Å². The molecular weight excluding hydrogens is 525 g/mol. The zero-order valence-corrected chi connectivity index (χ0v) is 23.5. The van der Waals surface area contributed by atoms with Crippen LogP contribution in [0.5, 0.6) is 5.75 Å². The lowest BCUT2D eigenvalue weighted by Gasteiger charge is -2.32. The van der Waals surface area contributed by atoms with Crippen molar-refractivity contribution >= 4 is 50.7 Å². The molecule has 36 heavy (non-hydrogen) atoms. The fourth-order valence-electron chi connectivity index (χ4n) is 3.54. The Labute approximate surface area is 223 Å². The third-order valence-corrected chi connectivity index (χ3v) is 7.48. The Balaban J connectivity index is 2.44. The highest BCUT2D eigenvalue weighted by molar-refractivity contribution is 7.92. The van der Waals surface area contributed by atoms with Crippen LogP contribution in [0.4, 0.5) is 5.69 Å². The molecule has 2 aromatic carbocycles. The highest BCUT2D eigenvalue weighted by Crippen LogP contribution is 2.31. The van der Waals surface area contributed by atoms with Gasteiger partial charge in [0.05, 0.1) is 29.1 Å². The van der Waals surface area contributed by atoms with Crippen molar-refractivity contribution in [1.82, 2.24) is 10.2 Å². The molecule has 0 unspecified atom stereocenters. The number of ether oxygens (including phenoxy) is 1. The quantitative estimate of drug-likeness (QED) is 0.390. The van der Waals surface area contributed by atoms with Gasteiger partial charge < -0.3 is 15.0 Å². The van der Waals surface area contributed by atoms with Crippen molar-refractivity contribution in [3.63, 3.8) is 0 Å². The number of nitrogens with one attached hydrogen (secondary N) is 1. The number of hydrogen-bond donors (Lipinski definition) is 1. The summed E-state index contributed by atoms with van der Waals surface area (Å²) >= 11 is 12.2. The summed E-state index contributed by atoms with van der Waals surface area (Å²) in [5, 5.41) is 3.50. The summed E-state index contributed by atoms with van der Waals surface area (Å²) in [7, 11) is -2.45. The number of carbonyl (C=O) groups excluding carboxylic acids is 2. The molecule has 198 valence electrons. The predicted octanol–water partition coefficient (Wildman–Crippen LogP) is 4.41. The van der Waals surface area contributed by atoms with Crippen LogP contribution < -0.4 is 14.4 Å². The third kappa shape index (κ3) is 8.01. The van der Waals surface area contributed by atoms with E-state index < -0.39 is 28.5 Å². The molecule has 0 radical (unpaired) electrons. The molecule has 0 aliphatic carbocycles. The van der Waals surface area contributed by atoms with Gasteiger partial charge in [-0.3, -0.25) is 13.9 Å². The van der Waals surface area contributed by atoms with Crippen molar-refractivity contribution in [3.05, 3.63) is 57.6 Å². The summed E-state index contributed by atoms with van der Waals surface area (Å²) in [4.78, 5) is 27.8. The van der Waals surface area contributed by atoms with E-state index in [0.717, 1.165) is 29.0 Å². The topological polar surface area (TPSA) is 96.0 Å². The molecule has 0 aromatic heterocycles. The fourth-order valence-corrected chi connectivity index (χ4v) is 4.71. The molecule has 2 rings (SSSR count). The molecule has 0 fully saturated rings. The molecule has 1 N–H and O–H groups in total. The number of anilines is 1. The van der Waals surface area contributed by atoms with Crippen LogP contribution in [0.3, 0.4) is 0 Å². The van der Waals surface area contributed by atoms with Crippen molar-refractivity contribution in [1.29, 1.82) is 0 Å². The number of methoxy groups -OCH3 is 1. The maximum atomic E-state index is 13.6. The highest BCUT2D eigenvalue weighted by Gasteiger charge is 2.31. The van der Waals surface area contributed by atoms with Gasteiger partial charge in [0.1, 0.15) is 18.3 Å². The number of rotatable bonds is 12. The van der Waals surface area contributed by atoms with Crippen molar-refractivity contribution in [3.8, 4) is 5.75 Å². The van der Waals surface area contributed by atoms with Gasteiger partial charge in [0.2, 0.25) is 21.8 Å². The molecule has 0 spiro atoms. The molecule has 0 saturated carbocycles. The van der Waals surface area contributed by atoms with Gasteiger partial charge in [0.25, 0.3) is 0 Å². The van der Waals surface area contributed by atoms with Crippen LogP contribution in [0, 0.1) is 6.92 Å². The van der Waals surface area contributed by atoms with Crippen LogP contribution >= 0.6 is 23.2 Å². The Hall–Kier alpha value is -2.49. The number of sulfonamides is 1.